The molecule has 0 amide bonds. The van der Waals surface area contributed by atoms with Crippen molar-refractivity contribution in [3.63, 3.8) is 0 Å². The lowest BCUT2D eigenvalue weighted by atomic mass is 9.96. The van der Waals surface area contributed by atoms with Gasteiger partial charge in [0.1, 0.15) is 0 Å². The second-order valence-corrected chi connectivity index (χ2v) is 4.58. The summed E-state index contributed by atoms with van der Waals surface area (Å²) in [7, 11) is 0. The molecule has 0 bridgehead atoms. The Labute approximate surface area is 86.9 Å². The van der Waals surface area contributed by atoms with Crippen molar-refractivity contribution in [1.29, 1.82) is 0 Å². The van der Waals surface area contributed by atoms with Crippen molar-refractivity contribution in [1.82, 2.24) is 19.8 Å². The van der Waals surface area contributed by atoms with Gasteiger partial charge in [0.15, 0.2) is 16.6 Å². The summed E-state index contributed by atoms with van der Waals surface area (Å²) >= 11 is 5.74. The van der Waals surface area contributed by atoms with Crippen molar-refractivity contribution < 1.29 is 0 Å². The zero-order valence-electron chi connectivity index (χ0n) is 8.32. The van der Waals surface area contributed by atoms with E-state index >= 15 is 0 Å². The SMILES string of the molecule is CC(C)(C)c1nc2ccc(Cl)nn2n1. The highest BCUT2D eigenvalue weighted by molar-refractivity contribution is 6.29. The summed E-state index contributed by atoms with van der Waals surface area (Å²) in [5, 5.41) is 8.69. The standard InChI is InChI=1S/C9H11ClN4/c1-9(2,3)8-11-7-5-4-6(10)12-14(7)13-8/h4-5H,1-3H3. The van der Waals surface area contributed by atoms with E-state index in [1.165, 1.54) is 4.63 Å². The van der Waals surface area contributed by atoms with Crippen molar-refractivity contribution in [2.24, 2.45) is 0 Å². The van der Waals surface area contributed by atoms with Gasteiger partial charge in [0.05, 0.1) is 0 Å². The Kier molecular flexibility index (Phi) is 1.96. The summed E-state index contributed by atoms with van der Waals surface area (Å²) in [6.45, 7) is 6.18. The van der Waals surface area contributed by atoms with Gasteiger partial charge in [0.25, 0.3) is 0 Å². The Morgan fingerprint density at radius 2 is 1.93 bits per heavy atom. The van der Waals surface area contributed by atoms with E-state index in [-0.39, 0.29) is 5.41 Å². The van der Waals surface area contributed by atoms with Gasteiger partial charge >= 0.3 is 0 Å². The Bertz CT molecular complexity index is 469. The molecule has 0 atom stereocenters. The second-order valence-electron chi connectivity index (χ2n) is 4.19. The third kappa shape index (κ3) is 1.57. The Morgan fingerprint density at radius 3 is 2.57 bits per heavy atom. The number of fused-ring (bicyclic) bond motifs is 1. The van der Waals surface area contributed by atoms with Gasteiger partial charge in [-0.2, -0.15) is 0 Å². The van der Waals surface area contributed by atoms with Gasteiger partial charge in [-0.3, -0.25) is 0 Å². The van der Waals surface area contributed by atoms with Crippen molar-refractivity contribution in [3.8, 4) is 0 Å². The molecule has 0 aliphatic rings. The van der Waals surface area contributed by atoms with Gasteiger partial charge < -0.3 is 0 Å². The quantitative estimate of drug-likeness (QED) is 0.669. The molecule has 0 aliphatic carbocycles. The van der Waals surface area contributed by atoms with Gasteiger partial charge in [0, 0.05) is 5.41 Å². The average molecular weight is 211 g/mol. The third-order valence-electron chi connectivity index (χ3n) is 1.85. The highest BCUT2D eigenvalue weighted by Crippen LogP contribution is 2.18. The summed E-state index contributed by atoms with van der Waals surface area (Å²) in [5.74, 6) is 0.771. The molecule has 2 aromatic rings. The Morgan fingerprint density at radius 1 is 1.21 bits per heavy atom. The fraction of sp³-hybridized carbons (Fsp3) is 0.444. The van der Waals surface area contributed by atoms with Crippen LogP contribution in [0.5, 0.6) is 0 Å². The van der Waals surface area contributed by atoms with E-state index < -0.39 is 0 Å². The number of halogens is 1. The van der Waals surface area contributed by atoms with Crippen LogP contribution in [0.25, 0.3) is 5.65 Å². The molecule has 0 fully saturated rings. The van der Waals surface area contributed by atoms with Crippen molar-refractivity contribution in [2.45, 2.75) is 26.2 Å². The average Bonchev–Trinajstić information content (AvgIpc) is 2.45. The van der Waals surface area contributed by atoms with E-state index in [1.807, 2.05) is 0 Å². The maximum absolute atomic E-state index is 5.74. The summed E-state index contributed by atoms with van der Waals surface area (Å²) in [6, 6.07) is 3.51. The zero-order chi connectivity index (χ0) is 10.3. The molecular formula is C9H11ClN4. The van der Waals surface area contributed by atoms with Crippen LogP contribution in [0.4, 0.5) is 0 Å². The molecule has 0 aromatic carbocycles. The predicted molar refractivity (Wildman–Crippen MR) is 54.5 cm³/mol. The molecule has 14 heavy (non-hydrogen) atoms. The summed E-state index contributed by atoms with van der Waals surface area (Å²) in [4.78, 5) is 4.36. The van der Waals surface area contributed by atoms with E-state index in [2.05, 4.69) is 36.0 Å². The summed E-state index contributed by atoms with van der Waals surface area (Å²) in [5.41, 5.74) is 0.652. The van der Waals surface area contributed by atoms with Gasteiger partial charge in [0.2, 0.25) is 0 Å². The minimum atomic E-state index is -0.0693. The fourth-order valence-corrected chi connectivity index (χ4v) is 1.21. The molecule has 2 rings (SSSR count). The third-order valence-corrected chi connectivity index (χ3v) is 2.05. The molecule has 0 spiro atoms. The van der Waals surface area contributed by atoms with E-state index in [0.29, 0.717) is 5.15 Å². The minimum Gasteiger partial charge on any atom is -0.209 e. The number of aromatic nitrogens is 4. The number of hydrogen-bond acceptors (Lipinski definition) is 3. The molecule has 0 unspecified atom stereocenters. The van der Waals surface area contributed by atoms with Crippen LogP contribution in [0.15, 0.2) is 12.1 Å². The molecule has 0 saturated heterocycles. The van der Waals surface area contributed by atoms with Gasteiger partial charge in [-0.15, -0.1) is 14.8 Å². The van der Waals surface area contributed by atoms with Crippen LogP contribution in [0.3, 0.4) is 0 Å². The van der Waals surface area contributed by atoms with Crippen LogP contribution >= 0.6 is 11.6 Å². The van der Waals surface area contributed by atoms with E-state index in [0.717, 1.165) is 11.5 Å². The van der Waals surface area contributed by atoms with Crippen LogP contribution in [0, 0.1) is 0 Å². The molecule has 2 heterocycles. The molecule has 0 aliphatic heterocycles. The zero-order valence-corrected chi connectivity index (χ0v) is 9.08. The first-order chi connectivity index (χ1) is 6.47. The number of rotatable bonds is 0. The molecule has 0 radical (unpaired) electrons. The number of hydrogen-bond donors (Lipinski definition) is 0. The van der Waals surface area contributed by atoms with Crippen LogP contribution in [-0.2, 0) is 5.41 Å². The van der Waals surface area contributed by atoms with E-state index in [4.69, 9.17) is 11.6 Å². The normalized spacial score (nSPS) is 12.3. The molecule has 4 nitrogen and oxygen atoms in total. The van der Waals surface area contributed by atoms with Crippen molar-refractivity contribution >= 4 is 17.2 Å². The molecule has 2 aromatic heterocycles. The molecule has 0 saturated carbocycles. The van der Waals surface area contributed by atoms with E-state index in [9.17, 15) is 0 Å². The largest absolute Gasteiger partial charge is 0.209 e. The van der Waals surface area contributed by atoms with Gasteiger partial charge in [-0.1, -0.05) is 32.4 Å². The van der Waals surface area contributed by atoms with Crippen molar-refractivity contribution in [2.75, 3.05) is 0 Å². The maximum Gasteiger partial charge on any atom is 0.176 e. The highest BCUT2D eigenvalue weighted by atomic mass is 35.5. The first-order valence-electron chi connectivity index (χ1n) is 4.37. The second kappa shape index (κ2) is 2.92. The minimum absolute atomic E-state index is 0.0693. The van der Waals surface area contributed by atoms with Crippen LogP contribution in [0.2, 0.25) is 5.15 Å². The Balaban J connectivity index is 2.63. The molecule has 74 valence electrons. The van der Waals surface area contributed by atoms with Gasteiger partial charge in [-0.05, 0) is 12.1 Å². The lowest BCUT2D eigenvalue weighted by Crippen LogP contribution is -2.13. The lowest BCUT2D eigenvalue weighted by Gasteiger charge is -2.11. The smallest absolute Gasteiger partial charge is 0.176 e. The van der Waals surface area contributed by atoms with Crippen LogP contribution in [0.1, 0.15) is 26.6 Å². The molecule has 0 N–H and O–H groups in total. The van der Waals surface area contributed by atoms with Gasteiger partial charge in [-0.25, -0.2) is 4.98 Å². The predicted octanol–water partition coefficient (Wildman–Crippen LogP) is 2.08. The van der Waals surface area contributed by atoms with Crippen LogP contribution in [-0.4, -0.2) is 19.8 Å². The number of nitrogens with zero attached hydrogens (tertiary/aromatic N) is 4. The lowest BCUT2D eigenvalue weighted by molar-refractivity contribution is 0.540. The first-order valence-corrected chi connectivity index (χ1v) is 4.75. The van der Waals surface area contributed by atoms with Crippen molar-refractivity contribution in [3.05, 3.63) is 23.1 Å². The summed E-state index contributed by atoms with van der Waals surface area (Å²) in [6.07, 6.45) is 0. The fourth-order valence-electron chi connectivity index (χ4n) is 1.08. The molecule has 5 heteroatoms. The van der Waals surface area contributed by atoms with E-state index in [1.54, 1.807) is 12.1 Å². The Hall–Kier alpha value is -1.16. The highest BCUT2D eigenvalue weighted by Gasteiger charge is 2.19. The first kappa shape index (κ1) is 9.40. The molecular weight excluding hydrogens is 200 g/mol. The van der Waals surface area contributed by atoms with Crippen LogP contribution < -0.4 is 0 Å². The summed E-state index contributed by atoms with van der Waals surface area (Å²) < 4.78 is 1.46. The topological polar surface area (TPSA) is 43.1 Å². The monoisotopic (exact) mass is 210 g/mol. The maximum atomic E-state index is 5.74.